The number of halogens is 2. The highest BCUT2D eigenvalue weighted by Crippen LogP contribution is 2.31. The zero-order valence-corrected chi connectivity index (χ0v) is 21.5. The zero-order chi connectivity index (χ0) is 24.2. The van der Waals surface area contributed by atoms with Gasteiger partial charge in [0.2, 0.25) is 11.8 Å². The molecule has 0 radical (unpaired) electrons. The van der Waals surface area contributed by atoms with E-state index in [1.807, 2.05) is 36.4 Å². The van der Waals surface area contributed by atoms with Crippen LogP contribution in [0.2, 0.25) is 10.0 Å². The molecule has 0 saturated heterocycles. The Kier molecular flexibility index (Phi) is 7.78. The summed E-state index contributed by atoms with van der Waals surface area (Å²) in [7, 11) is 0. The molecule has 0 aliphatic rings. The fourth-order valence-electron chi connectivity index (χ4n) is 3.18. The number of amides is 1. The Balaban J connectivity index is 1.42. The van der Waals surface area contributed by atoms with Gasteiger partial charge < -0.3 is 15.1 Å². The summed E-state index contributed by atoms with van der Waals surface area (Å²) in [6, 6.07) is 18.6. The summed E-state index contributed by atoms with van der Waals surface area (Å²) in [6.07, 6.45) is 0. The van der Waals surface area contributed by atoms with Gasteiger partial charge in [0, 0.05) is 15.5 Å². The molecule has 9 heteroatoms. The molecular formula is C25H21Cl2N3O2S2. The van der Waals surface area contributed by atoms with Gasteiger partial charge in [0.05, 0.1) is 16.5 Å². The molecule has 3 aromatic carbocycles. The van der Waals surface area contributed by atoms with Crippen LogP contribution in [0.1, 0.15) is 25.3 Å². The van der Waals surface area contributed by atoms with Crippen molar-refractivity contribution >= 4 is 75.0 Å². The van der Waals surface area contributed by atoms with Gasteiger partial charge >= 0.3 is 0 Å². The highest BCUT2D eigenvalue weighted by Gasteiger charge is 2.13. The molecule has 0 fully saturated rings. The maximum absolute atomic E-state index is 12.3. The number of nitrogens with zero attached hydrogens (tertiary/aromatic N) is 1. The summed E-state index contributed by atoms with van der Waals surface area (Å²) in [6.45, 7) is 4.27. The van der Waals surface area contributed by atoms with E-state index in [1.54, 1.807) is 24.3 Å². The lowest BCUT2D eigenvalue weighted by Gasteiger charge is -2.11. The average molecular weight is 531 g/mol. The van der Waals surface area contributed by atoms with E-state index in [1.165, 1.54) is 17.3 Å². The topological polar surface area (TPSA) is 67.2 Å². The second kappa shape index (κ2) is 10.8. The number of benzene rings is 3. The van der Waals surface area contributed by atoms with Crippen molar-refractivity contribution in [2.24, 2.45) is 0 Å². The molecular weight excluding hydrogens is 509 g/mol. The van der Waals surface area contributed by atoms with E-state index in [4.69, 9.17) is 39.8 Å². The fraction of sp³-hybridized carbons (Fsp3) is 0.160. The van der Waals surface area contributed by atoms with E-state index in [0.29, 0.717) is 33.1 Å². The van der Waals surface area contributed by atoms with Gasteiger partial charge in [0.1, 0.15) is 5.52 Å². The van der Waals surface area contributed by atoms with Gasteiger partial charge in [0.25, 0.3) is 0 Å². The minimum Gasteiger partial charge on any atom is -0.436 e. The lowest BCUT2D eigenvalue weighted by atomic mass is 10.0. The predicted molar refractivity (Wildman–Crippen MR) is 145 cm³/mol. The molecule has 0 unspecified atom stereocenters. The first kappa shape index (κ1) is 24.5. The number of oxazole rings is 1. The van der Waals surface area contributed by atoms with Gasteiger partial charge in [-0.1, -0.05) is 43.1 Å². The lowest BCUT2D eigenvalue weighted by molar-refractivity contribution is -0.117. The largest absolute Gasteiger partial charge is 0.436 e. The fourth-order valence-corrected chi connectivity index (χ4v) is 4.39. The minimum absolute atomic E-state index is 0.153. The van der Waals surface area contributed by atoms with Gasteiger partial charge in [-0.3, -0.25) is 4.79 Å². The third-order valence-corrected chi connectivity index (χ3v) is 6.77. The minimum atomic E-state index is -0.232. The number of thiocarbonyl (C=S) groups is 1. The summed E-state index contributed by atoms with van der Waals surface area (Å²) in [4.78, 5) is 17.9. The molecule has 0 aliphatic heterocycles. The standard InChI is InChI=1S/C25H21Cl2N3O2S2/c1-14(2)15-4-10-22-21(11-15)28-24(32-22)16-3-9-19(27)20(12-16)29-25(33)30-23(31)13-34-18-7-5-17(26)6-8-18/h3-12,14H,13H2,1-2H3,(H2,29,30,31,33). The van der Waals surface area contributed by atoms with Gasteiger partial charge in [0.15, 0.2) is 10.7 Å². The number of carbonyl (C=O) groups excluding carboxylic acids is 1. The molecule has 0 saturated carbocycles. The molecule has 5 nitrogen and oxygen atoms in total. The number of rotatable bonds is 6. The Morgan fingerprint density at radius 2 is 1.85 bits per heavy atom. The highest BCUT2D eigenvalue weighted by atomic mass is 35.5. The van der Waals surface area contributed by atoms with E-state index in [0.717, 1.165) is 16.0 Å². The third-order valence-electron chi connectivity index (χ3n) is 4.98. The highest BCUT2D eigenvalue weighted by molar-refractivity contribution is 8.00. The monoisotopic (exact) mass is 529 g/mol. The Labute approximate surface area is 217 Å². The molecule has 0 spiro atoms. The lowest BCUT2D eigenvalue weighted by Crippen LogP contribution is -2.35. The molecule has 1 aromatic heterocycles. The van der Waals surface area contributed by atoms with E-state index in [9.17, 15) is 4.79 Å². The number of hydrogen-bond donors (Lipinski definition) is 2. The van der Waals surface area contributed by atoms with Crippen LogP contribution in [0.4, 0.5) is 5.69 Å². The summed E-state index contributed by atoms with van der Waals surface area (Å²) in [5, 5.41) is 6.91. The van der Waals surface area contributed by atoms with Crippen LogP contribution in [0, 0.1) is 0 Å². The van der Waals surface area contributed by atoms with E-state index in [2.05, 4.69) is 29.5 Å². The molecule has 0 aliphatic carbocycles. The number of hydrogen-bond acceptors (Lipinski definition) is 5. The first-order valence-electron chi connectivity index (χ1n) is 10.5. The quantitative estimate of drug-likeness (QED) is 0.198. The zero-order valence-electron chi connectivity index (χ0n) is 18.4. The molecule has 34 heavy (non-hydrogen) atoms. The molecule has 174 valence electrons. The molecule has 4 aromatic rings. The van der Waals surface area contributed by atoms with Crippen molar-refractivity contribution in [3.63, 3.8) is 0 Å². The van der Waals surface area contributed by atoms with Crippen LogP contribution in [0.3, 0.4) is 0 Å². The van der Waals surface area contributed by atoms with E-state index >= 15 is 0 Å². The molecule has 2 N–H and O–H groups in total. The van der Waals surface area contributed by atoms with Gasteiger partial charge in [-0.05, 0) is 78.3 Å². The number of carbonyl (C=O) groups is 1. The summed E-state index contributed by atoms with van der Waals surface area (Å²) < 4.78 is 5.94. The van der Waals surface area contributed by atoms with Crippen LogP contribution in [-0.2, 0) is 4.79 Å². The number of anilines is 1. The van der Waals surface area contributed by atoms with Crippen LogP contribution in [0.25, 0.3) is 22.6 Å². The Morgan fingerprint density at radius 3 is 2.59 bits per heavy atom. The van der Waals surface area contributed by atoms with Crippen LogP contribution < -0.4 is 10.6 Å². The molecule has 0 bridgehead atoms. The second-order valence-electron chi connectivity index (χ2n) is 7.84. The van der Waals surface area contributed by atoms with Crippen LogP contribution >= 0.6 is 47.2 Å². The van der Waals surface area contributed by atoms with Crippen LogP contribution in [0.15, 0.2) is 70.0 Å². The maximum Gasteiger partial charge on any atom is 0.236 e. The number of aromatic nitrogens is 1. The molecule has 1 heterocycles. The third kappa shape index (κ3) is 6.10. The van der Waals surface area contributed by atoms with Crippen molar-refractivity contribution in [2.45, 2.75) is 24.7 Å². The van der Waals surface area contributed by atoms with Crippen molar-refractivity contribution in [1.82, 2.24) is 10.3 Å². The summed E-state index contributed by atoms with van der Waals surface area (Å²) >= 11 is 18.9. The Hall–Kier alpha value is -2.58. The number of nitrogens with one attached hydrogen (secondary N) is 2. The van der Waals surface area contributed by atoms with E-state index in [-0.39, 0.29) is 16.8 Å². The predicted octanol–water partition coefficient (Wildman–Crippen LogP) is 7.53. The van der Waals surface area contributed by atoms with Crippen LogP contribution in [0.5, 0.6) is 0 Å². The Morgan fingerprint density at radius 1 is 1.09 bits per heavy atom. The first-order chi connectivity index (χ1) is 16.3. The summed E-state index contributed by atoms with van der Waals surface area (Å²) in [5.74, 6) is 0.852. The van der Waals surface area contributed by atoms with Crippen molar-refractivity contribution in [3.8, 4) is 11.5 Å². The SMILES string of the molecule is CC(C)c1ccc2oc(-c3ccc(Cl)c(NC(=S)NC(=O)CSc4ccc(Cl)cc4)c3)nc2c1. The van der Waals surface area contributed by atoms with Crippen molar-refractivity contribution in [1.29, 1.82) is 0 Å². The van der Waals surface area contributed by atoms with Crippen molar-refractivity contribution < 1.29 is 9.21 Å². The van der Waals surface area contributed by atoms with Crippen molar-refractivity contribution in [3.05, 3.63) is 76.3 Å². The van der Waals surface area contributed by atoms with Crippen molar-refractivity contribution in [2.75, 3.05) is 11.1 Å². The first-order valence-corrected chi connectivity index (χ1v) is 12.6. The molecule has 4 rings (SSSR count). The van der Waals surface area contributed by atoms with Crippen LogP contribution in [-0.4, -0.2) is 21.8 Å². The number of fused-ring (bicyclic) bond motifs is 1. The van der Waals surface area contributed by atoms with Gasteiger partial charge in [-0.25, -0.2) is 4.98 Å². The summed E-state index contributed by atoms with van der Waals surface area (Å²) in [5.41, 5.74) is 3.99. The normalized spacial score (nSPS) is 11.1. The smallest absolute Gasteiger partial charge is 0.236 e. The number of thioether (sulfide) groups is 1. The molecule has 1 amide bonds. The molecule has 0 atom stereocenters. The Bertz CT molecular complexity index is 1350. The average Bonchev–Trinajstić information content (AvgIpc) is 3.23. The second-order valence-corrected chi connectivity index (χ2v) is 10.1. The van der Waals surface area contributed by atoms with Gasteiger partial charge in [-0.15, -0.1) is 11.8 Å². The van der Waals surface area contributed by atoms with Gasteiger partial charge in [-0.2, -0.15) is 0 Å². The maximum atomic E-state index is 12.3. The van der Waals surface area contributed by atoms with E-state index < -0.39 is 0 Å².